The molecule has 1 aromatic rings. The van der Waals surface area contributed by atoms with Gasteiger partial charge in [-0.05, 0) is 37.8 Å². The maximum absolute atomic E-state index is 12.4. The van der Waals surface area contributed by atoms with Crippen molar-refractivity contribution in [3.05, 3.63) is 29.8 Å². The van der Waals surface area contributed by atoms with E-state index in [4.69, 9.17) is 4.74 Å². The number of benzene rings is 1. The number of carbonyl (C=O) groups is 2. The van der Waals surface area contributed by atoms with Gasteiger partial charge >= 0.3 is 12.6 Å². The van der Waals surface area contributed by atoms with E-state index < -0.39 is 19.2 Å². The van der Waals surface area contributed by atoms with Gasteiger partial charge < -0.3 is 14.4 Å². The highest BCUT2D eigenvalue weighted by Crippen LogP contribution is 2.22. The van der Waals surface area contributed by atoms with Gasteiger partial charge in [0.2, 0.25) is 0 Å². The second-order valence-electron chi connectivity index (χ2n) is 5.60. The van der Waals surface area contributed by atoms with Crippen LogP contribution in [0, 0.1) is 0 Å². The Morgan fingerprint density at radius 2 is 2.04 bits per heavy atom. The van der Waals surface area contributed by atoms with Crippen molar-refractivity contribution in [3.63, 3.8) is 0 Å². The number of piperidine rings is 1. The normalized spacial score (nSPS) is 17.7. The standard InChI is InChI=1S/C17H21F2NO4/c1-2-12-7-5-6-10-20(12)15(21)11-23-16(22)13-8-3-4-9-14(13)24-17(18)19/h3-4,8-9,12,17H,2,5-7,10-11H2,1H3. The Morgan fingerprint density at radius 1 is 1.29 bits per heavy atom. The van der Waals surface area contributed by atoms with Crippen molar-refractivity contribution in [1.29, 1.82) is 0 Å². The molecule has 24 heavy (non-hydrogen) atoms. The molecule has 0 aliphatic carbocycles. The number of carbonyl (C=O) groups excluding carboxylic acids is 2. The maximum Gasteiger partial charge on any atom is 0.387 e. The third-order valence-corrected chi connectivity index (χ3v) is 4.07. The number of esters is 1. The smallest absolute Gasteiger partial charge is 0.387 e. The molecule has 132 valence electrons. The van der Waals surface area contributed by atoms with Crippen LogP contribution in [-0.4, -0.2) is 42.6 Å². The summed E-state index contributed by atoms with van der Waals surface area (Å²) < 4.78 is 34.0. The molecule has 1 aliphatic rings. The SMILES string of the molecule is CCC1CCCCN1C(=O)COC(=O)c1ccccc1OC(F)F. The number of nitrogens with zero attached hydrogens (tertiary/aromatic N) is 1. The van der Waals surface area contributed by atoms with E-state index in [0.717, 1.165) is 25.7 Å². The second-order valence-corrected chi connectivity index (χ2v) is 5.60. The van der Waals surface area contributed by atoms with Crippen molar-refractivity contribution in [2.45, 2.75) is 45.3 Å². The number of para-hydroxylation sites is 1. The summed E-state index contributed by atoms with van der Waals surface area (Å²) >= 11 is 0. The number of hydrogen-bond donors (Lipinski definition) is 0. The van der Waals surface area contributed by atoms with E-state index in [1.807, 2.05) is 6.92 Å². The van der Waals surface area contributed by atoms with Crippen LogP contribution in [0.1, 0.15) is 43.0 Å². The van der Waals surface area contributed by atoms with Crippen LogP contribution in [0.4, 0.5) is 8.78 Å². The van der Waals surface area contributed by atoms with E-state index in [1.165, 1.54) is 24.3 Å². The first-order valence-corrected chi connectivity index (χ1v) is 8.03. The van der Waals surface area contributed by atoms with Gasteiger partial charge in [0.05, 0.1) is 0 Å². The Balaban J connectivity index is 1.96. The van der Waals surface area contributed by atoms with Crippen LogP contribution in [0.5, 0.6) is 5.75 Å². The highest BCUT2D eigenvalue weighted by Gasteiger charge is 2.26. The first kappa shape index (κ1) is 18.2. The molecule has 7 heteroatoms. The molecule has 0 aromatic heterocycles. The summed E-state index contributed by atoms with van der Waals surface area (Å²) in [5.74, 6) is -1.39. The third kappa shape index (κ3) is 4.66. The van der Waals surface area contributed by atoms with E-state index in [0.29, 0.717) is 6.54 Å². The fraction of sp³-hybridized carbons (Fsp3) is 0.529. The lowest BCUT2D eigenvalue weighted by molar-refractivity contribution is -0.138. The van der Waals surface area contributed by atoms with Crippen LogP contribution in [0.25, 0.3) is 0 Å². The highest BCUT2D eigenvalue weighted by atomic mass is 19.3. The van der Waals surface area contributed by atoms with Crippen molar-refractivity contribution in [2.24, 2.45) is 0 Å². The Labute approximate surface area is 139 Å². The summed E-state index contributed by atoms with van der Waals surface area (Å²) in [5, 5.41) is 0. The van der Waals surface area contributed by atoms with Crippen molar-refractivity contribution >= 4 is 11.9 Å². The van der Waals surface area contributed by atoms with E-state index >= 15 is 0 Å². The van der Waals surface area contributed by atoms with Gasteiger partial charge in [-0.2, -0.15) is 8.78 Å². The molecule has 1 aromatic carbocycles. The fourth-order valence-corrected chi connectivity index (χ4v) is 2.88. The van der Waals surface area contributed by atoms with Gasteiger partial charge in [-0.1, -0.05) is 19.1 Å². The Morgan fingerprint density at radius 3 is 2.75 bits per heavy atom. The molecule has 1 saturated heterocycles. The van der Waals surface area contributed by atoms with Gasteiger partial charge in [-0.25, -0.2) is 4.79 Å². The molecule has 2 rings (SSSR count). The average Bonchev–Trinajstić information content (AvgIpc) is 2.59. The highest BCUT2D eigenvalue weighted by molar-refractivity contribution is 5.94. The van der Waals surface area contributed by atoms with Crippen LogP contribution in [0.3, 0.4) is 0 Å². The summed E-state index contributed by atoms with van der Waals surface area (Å²) in [4.78, 5) is 26.1. The monoisotopic (exact) mass is 341 g/mol. The molecule has 1 atom stereocenters. The second kappa shape index (κ2) is 8.61. The van der Waals surface area contributed by atoms with Gasteiger partial charge in [0.15, 0.2) is 6.61 Å². The zero-order valence-electron chi connectivity index (χ0n) is 13.5. The molecule has 1 heterocycles. The van der Waals surface area contributed by atoms with Gasteiger partial charge in [-0.15, -0.1) is 0 Å². The van der Waals surface area contributed by atoms with Gasteiger partial charge in [-0.3, -0.25) is 4.79 Å². The van der Waals surface area contributed by atoms with Crippen molar-refractivity contribution in [2.75, 3.05) is 13.2 Å². The quantitative estimate of drug-likeness (QED) is 0.746. The minimum atomic E-state index is -3.04. The van der Waals surface area contributed by atoms with Crippen LogP contribution >= 0.6 is 0 Å². The zero-order valence-corrected chi connectivity index (χ0v) is 13.5. The van der Waals surface area contributed by atoms with Crippen LogP contribution in [-0.2, 0) is 9.53 Å². The Hall–Kier alpha value is -2.18. The molecule has 0 saturated carbocycles. The van der Waals surface area contributed by atoms with Crippen molar-refractivity contribution < 1.29 is 27.8 Å². The Kier molecular flexibility index (Phi) is 6.52. The third-order valence-electron chi connectivity index (χ3n) is 4.07. The predicted octanol–water partition coefficient (Wildman–Crippen LogP) is 3.24. The number of likely N-dealkylation sites (tertiary alicyclic amines) is 1. The van der Waals surface area contributed by atoms with Crippen LogP contribution in [0.15, 0.2) is 24.3 Å². The van der Waals surface area contributed by atoms with Crippen LogP contribution in [0.2, 0.25) is 0 Å². The average molecular weight is 341 g/mol. The lowest BCUT2D eigenvalue weighted by atomic mass is 10.00. The van der Waals surface area contributed by atoms with E-state index in [-0.39, 0.29) is 23.3 Å². The predicted molar refractivity (Wildman–Crippen MR) is 83.0 cm³/mol. The number of amides is 1. The van der Waals surface area contributed by atoms with E-state index in [1.54, 1.807) is 4.90 Å². The van der Waals surface area contributed by atoms with Gasteiger partial charge in [0, 0.05) is 12.6 Å². The summed E-state index contributed by atoms with van der Waals surface area (Å²) in [6.07, 6.45) is 3.81. The number of rotatable bonds is 6. The summed E-state index contributed by atoms with van der Waals surface area (Å²) in [7, 11) is 0. The lowest BCUT2D eigenvalue weighted by Crippen LogP contribution is -2.45. The van der Waals surface area contributed by atoms with Crippen molar-refractivity contribution in [1.82, 2.24) is 4.90 Å². The first-order chi connectivity index (χ1) is 11.5. The maximum atomic E-state index is 12.4. The lowest BCUT2D eigenvalue weighted by Gasteiger charge is -2.35. The van der Waals surface area contributed by atoms with E-state index in [9.17, 15) is 18.4 Å². The van der Waals surface area contributed by atoms with Crippen LogP contribution < -0.4 is 4.74 Å². The first-order valence-electron chi connectivity index (χ1n) is 8.03. The Bertz CT molecular complexity index is 579. The molecular weight excluding hydrogens is 320 g/mol. The number of ether oxygens (including phenoxy) is 2. The molecule has 1 aliphatic heterocycles. The number of halogens is 2. The molecule has 1 amide bonds. The van der Waals surface area contributed by atoms with Gasteiger partial charge in [0.25, 0.3) is 5.91 Å². The molecular formula is C17H21F2NO4. The minimum absolute atomic E-state index is 0.128. The topological polar surface area (TPSA) is 55.8 Å². The zero-order chi connectivity index (χ0) is 17.5. The molecule has 0 radical (unpaired) electrons. The fourth-order valence-electron chi connectivity index (χ4n) is 2.88. The molecule has 0 N–H and O–H groups in total. The molecule has 0 spiro atoms. The number of alkyl halides is 2. The molecule has 1 unspecified atom stereocenters. The largest absolute Gasteiger partial charge is 0.452 e. The summed E-state index contributed by atoms with van der Waals surface area (Å²) in [6.45, 7) is -0.780. The minimum Gasteiger partial charge on any atom is -0.452 e. The molecule has 1 fully saturated rings. The van der Waals surface area contributed by atoms with E-state index in [2.05, 4.69) is 4.74 Å². The summed E-state index contributed by atoms with van der Waals surface area (Å²) in [5.41, 5.74) is -0.128. The van der Waals surface area contributed by atoms with Gasteiger partial charge in [0.1, 0.15) is 11.3 Å². The molecule has 0 bridgehead atoms. The summed E-state index contributed by atoms with van der Waals surface area (Å²) in [6, 6.07) is 5.72. The molecule has 5 nitrogen and oxygen atoms in total. The van der Waals surface area contributed by atoms with Crippen molar-refractivity contribution in [3.8, 4) is 5.75 Å². The number of hydrogen-bond acceptors (Lipinski definition) is 4.